The number of carbonyl (C=O) groups is 1. The summed E-state index contributed by atoms with van der Waals surface area (Å²) in [6.07, 6.45) is 1.60. The van der Waals surface area contributed by atoms with E-state index in [9.17, 15) is 4.79 Å². The van der Waals surface area contributed by atoms with Crippen molar-refractivity contribution in [3.63, 3.8) is 0 Å². The van der Waals surface area contributed by atoms with Crippen molar-refractivity contribution >= 4 is 16.9 Å². The second-order valence-electron chi connectivity index (χ2n) is 8.96. The first-order valence-corrected chi connectivity index (χ1v) is 11.9. The lowest BCUT2D eigenvalue weighted by atomic mass is 10.1. The van der Waals surface area contributed by atoms with Gasteiger partial charge in [-0.15, -0.1) is 0 Å². The van der Waals surface area contributed by atoms with Gasteiger partial charge in [-0.2, -0.15) is 0 Å². The van der Waals surface area contributed by atoms with Crippen molar-refractivity contribution in [3.05, 3.63) is 94.3 Å². The second kappa shape index (κ2) is 10.6. The summed E-state index contributed by atoms with van der Waals surface area (Å²) in [5, 5.41) is 3.06. The van der Waals surface area contributed by atoms with Gasteiger partial charge in [-0.3, -0.25) is 4.79 Å². The van der Waals surface area contributed by atoms with E-state index in [-0.39, 0.29) is 5.91 Å². The summed E-state index contributed by atoms with van der Waals surface area (Å²) in [6, 6.07) is 20.4. The fourth-order valence-electron chi connectivity index (χ4n) is 4.29. The third-order valence-electron chi connectivity index (χ3n) is 6.14. The highest BCUT2D eigenvalue weighted by Gasteiger charge is 2.12. The summed E-state index contributed by atoms with van der Waals surface area (Å²) in [5.41, 5.74) is 7.34. The summed E-state index contributed by atoms with van der Waals surface area (Å²) in [5.74, 6) is 1.93. The number of para-hydroxylation sites is 2. The molecule has 0 aliphatic rings. The van der Waals surface area contributed by atoms with E-state index in [1.807, 2.05) is 50.2 Å². The Morgan fingerprint density at radius 2 is 1.71 bits per heavy atom. The molecule has 1 N–H and O–H groups in total. The Hall–Kier alpha value is -3.60. The monoisotopic (exact) mass is 455 g/mol. The van der Waals surface area contributed by atoms with Crippen LogP contribution in [-0.4, -0.2) is 28.6 Å². The van der Waals surface area contributed by atoms with Gasteiger partial charge in [0.2, 0.25) is 0 Å². The van der Waals surface area contributed by atoms with Gasteiger partial charge in [0.15, 0.2) is 0 Å². The number of nitrogens with zero attached hydrogens (tertiary/aromatic N) is 2. The number of benzene rings is 3. The SMILES string of the molecule is Cc1ccc(C(=O)NCCCc2nc3ccccc3n2CCOc2cc(C)ccc2C)c(C)c1. The standard InChI is InChI=1S/C29H33N3O2/c1-20-12-14-24(23(4)18-20)29(33)30-15-7-10-28-31-25-8-5-6-9-26(25)32(28)16-17-34-27-19-21(2)11-13-22(27)3/h5-6,8-9,11-14,18-19H,7,10,15-17H2,1-4H3,(H,30,33). The number of aromatic nitrogens is 2. The normalized spacial score (nSPS) is 11.1. The Kier molecular flexibility index (Phi) is 7.31. The molecular formula is C29H33N3O2. The van der Waals surface area contributed by atoms with Crippen LogP contribution in [0.25, 0.3) is 11.0 Å². The predicted octanol–water partition coefficient (Wildman–Crippen LogP) is 5.71. The Balaban J connectivity index is 1.38. The topological polar surface area (TPSA) is 56.2 Å². The molecule has 34 heavy (non-hydrogen) atoms. The van der Waals surface area contributed by atoms with E-state index in [4.69, 9.17) is 9.72 Å². The molecule has 0 spiro atoms. The number of carbonyl (C=O) groups excluding carboxylic acids is 1. The molecule has 0 saturated carbocycles. The van der Waals surface area contributed by atoms with Crippen LogP contribution in [0.5, 0.6) is 5.75 Å². The molecule has 176 valence electrons. The molecule has 0 bridgehead atoms. The van der Waals surface area contributed by atoms with Gasteiger partial charge in [0.25, 0.3) is 5.91 Å². The Morgan fingerprint density at radius 3 is 2.53 bits per heavy atom. The maximum atomic E-state index is 12.6. The highest BCUT2D eigenvalue weighted by molar-refractivity contribution is 5.95. The van der Waals surface area contributed by atoms with Crippen LogP contribution in [-0.2, 0) is 13.0 Å². The number of rotatable bonds is 9. The molecular weight excluding hydrogens is 422 g/mol. The second-order valence-corrected chi connectivity index (χ2v) is 8.96. The average molecular weight is 456 g/mol. The van der Waals surface area contributed by atoms with E-state index in [0.717, 1.165) is 64.2 Å². The molecule has 0 aliphatic heterocycles. The first-order chi connectivity index (χ1) is 16.4. The first kappa shape index (κ1) is 23.6. The van der Waals surface area contributed by atoms with Crippen molar-refractivity contribution in [2.75, 3.05) is 13.2 Å². The number of imidazole rings is 1. The zero-order valence-corrected chi connectivity index (χ0v) is 20.5. The van der Waals surface area contributed by atoms with Crippen molar-refractivity contribution in [1.82, 2.24) is 14.9 Å². The van der Waals surface area contributed by atoms with Gasteiger partial charge in [-0.25, -0.2) is 4.98 Å². The molecule has 3 aromatic carbocycles. The van der Waals surface area contributed by atoms with Crippen molar-refractivity contribution in [3.8, 4) is 5.75 Å². The zero-order valence-electron chi connectivity index (χ0n) is 20.5. The molecule has 4 rings (SSSR count). The van der Waals surface area contributed by atoms with Gasteiger partial charge in [-0.1, -0.05) is 42.0 Å². The number of aryl methyl sites for hydroxylation is 5. The lowest BCUT2D eigenvalue weighted by Gasteiger charge is -2.13. The van der Waals surface area contributed by atoms with Crippen LogP contribution in [0.2, 0.25) is 0 Å². The highest BCUT2D eigenvalue weighted by atomic mass is 16.5. The molecule has 0 saturated heterocycles. The van der Waals surface area contributed by atoms with Crippen LogP contribution in [0.15, 0.2) is 60.7 Å². The van der Waals surface area contributed by atoms with Gasteiger partial charge in [0, 0.05) is 18.5 Å². The van der Waals surface area contributed by atoms with E-state index in [2.05, 4.69) is 48.0 Å². The largest absolute Gasteiger partial charge is 0.491 e. The van der Waals surface area contributed by atoms with Crippen LogP contribution in [0.1, 0.15) is 44.9 Å². The minimum atomic E-state index is -0.0204. The van der Waals surface area contributed by atoms with Gasteiger partial charge in [0.1, 0.15) is 18.2 Å². The number of nitrogens with one attached hydrogen (secondary N) is 1. The van der Waals surface area contributed by atoms with E-state index in [1.54, 1.807) is 0 Å². The molecule has 0 fully saturated rings. The van der Waals surface area contributed by atoms with E-state index in [1.165, 1.54) is 5.56 Å². The van der Waals surface area contributed by atoms with Crippen LogP contribution in [0, 0.1) is 27.7 Å². The lowest BCUT2D eigenvalue weighted by molar-refractivity contribution is 0.0952. The third kappa shape index (κ3) is 5.48. The molecule has 4 aromatic rings. The molecule has 1 amide bonds. The molecule has 0 radical (unpaired) electrons. The Morgan fingerprint density at radius 1 is 0.941 bits per heavy atom. The lowest BCUT2D eigenvalue weighted by Crippen LogP contribution is -2.25. The third-order valence-corrected chi connectivity index (χ3v) is 6.14. The van der Waals surface area contributed by atoms with Crippen LogP contribution in [0.3, 0.4) is 0 Å². The molecule has 5 heteroatoms. The molecule has 1 heterocycles. The summed E-state index contributed by atoms with van der Waals surface area (Å²) < 4.78 is 8.36. The maximum absolute atomic E-state index is 12.6. The first-order valence-electron chi connectivity index (χ1n) is 11.9. The van der Waals surface area contributed by atoms with E-state index >= 15 is 0 Å². The van der Waals surface area contributed by atoms with Gasteiger partial charge in [0.05, 0.1) is 17.6 Å². The molecule has 0 aliphatic carbocycles. The van der Waals surface area contributed by atoms with Gasteiger partial charge >= 0.3 is 0 Å². The van der Waals surface area contributed by atoms with Gasteiger partial charge < -0.3 is 14.6 Å². The zero-order chi connectivity index (χ0) is 24.1. The van der Waals surface area contributed by atoms with Crippen LogP contribution < -0.4 is 10.1 Å². The highest BCUT2D eigenvalue weighted by Crippen LogP contribution is 2.21. The van der Waals surface area contributed by atoms with Crippen molar-refractivity contribution < 1.29 is 9.53 Å². The summed E-state index contributed by atoms with van der Waals surface area (Å²) in [6.45, 7) is 10.1. The Labute approximate surface area is 201 Å². The fraction of sp³-hybridized carbons (Fsp3) is 0.310. The number of hydrogen-bond donors (Lipinski definition) is 1. The minimum absolute atomic E-state index is 0.0204. The Bertz CT molecular complexity index is 1310. The van der Waals surface area contributed by atoms with Crippen molar-refractivity contribution in [2.24, 2.45) is 0 Å². The quantitative estimate of drug-likeness (QED) is 0.329. The smallest absolute Gasteiger partial charge is 0.251 e. The summed E-state index contributed by atoms with van der Waals surface area (Å²) in [7, 11) is 0. The summed E-state index contributed by atoms with van der Waals surface area (Å²) in [4.78, 5) is 17.4. The molecule has 0 atom stereocenters. The number of ether oxygens (including phenoxy) is 1. The van der Waals surface area contributed by atoms with Crippen molar-refractivity contribution in [2.45, 2.75) is 47.1 Å². The molecule has 5 nitrogen and oxygen atoms in total. The molecule has 1 aromatic heterocycles. The van der Waals surface area contributed by atoms with Crippen LogP contribution in [0.4, 0.5) is 0 Å². The average Bonchev–Trinajstić information content (AvgIpc) is 3.16. The molecule has 0 unspecified atom stereocenters. The number of hydrogen-bond acceptors (Lipinski definition) is 3. The van der Waals surface area contributed by atoms with Gasteiger partial charge in [-0.05, 0) is 75.1 Å². The maximum Gasteiger partial charge on any atom is 0.251 e. The van der Waals surface area contributed by atoms with Crippen molar-refractivity contribution in [1.29, 1.82) is 0 Å². The van der Waals surface area contributed by atoms with E-state index < -0.39 is 0 Å². The fourth-order valence-corrected chi connectivity index (χ4v) is 4.29. The summed E-state index contributed by atoms with van der Waals surface area (Å²) >= 11 is 0. The minimum Gasteiger partial charge on any atom is -0.491 e. The number of amides is 1. The predicted molar refractivity (Wildman–Crippen MR) is 138 cm³/mol. The van der Waals surface area contributed by atoms with E-state index in [0.29, 0.717) is 13.2 Å². The van der Waals surface area contributed by atoms with Crippen LogP contribution >= 0.6 is 0 Å². The number of fused-ring (bicyclic) bond motifs is 1.